The summed E-state index contributed by atoms with van der Waals surface area (Å²) in [5.41, 5.74) is 2.06. The van der Waals surface area contributed by atoms with E-state index in [1.54, 1.807) is 30.3 Å². The summed E-state index contributed by atoms with van der Waals surface area (Å²) in [5, 5.41) is 10.5. The highest BCUT2D eigenvalue weighted by atomic mass is 19.4. The molecule has 0 unspecified atom stereocenters. The third kappa shape index (κ3) is 7.08. The fraction of sp³-hybridized carbons (Fsp3) is 0.200. The predicted octanol–water partition coefficient (Wildman–Crippen LogP) is 6.15. The van der Waals surface area contributed by atoms with Gasteiger partial charge in [-0.25, -0.2) is 18.0 Å². The van der Waals surface area contributed by atoms with Gasteiger partial charge in [-0.05, 0) is 53.4 Å². The Balaban J connectivity index is 0.000000429. The topological polar surface area (TPSA) is 61.7 Å². The zero-order valence-corrected chi connectivity index (χ0v) is 18.1. The number of hydrogen-bond acceptors (Lipinski definition) is 3. The summed E-state index contributed by atoms with van der Waals surface area (Å²) >= 11 is 0. The number of amidine groups is 1. The van der Waals surface area contributed by atoms with E-state index in [9.17, 15) is 26.3 Å². The van der Waals surface area contributed by atoms with Gasteiger partial charge >= 0.3 is 12.1 Å². The van der Waals surface area contributed by atoms with Crippen molar-refractivity contribution in [2.45, 2.75) is 31.1 Å². The molecule has 10 heteroatoms. The van der Waals surface area contributed by atoms with Crippen LogP contribution in [0.3, 0.4) is 0 Å². The lowest BCUT2D eigenvalue weighted by Crippen LogP contribution is -2.25. The fourth-order valence-electron chi connectivity index (χ4n) is 3.55. The molecule has 184 valence electrons. The van der Waals surface area contributed by atoms with E-state index in [4.69, 9.17) is 14.9 Å². The van der Waals surface area contributed by atoms with E-state index in [0.29, 0.717) is 29.8 Å². The smallest absolute Gasteiger partial charge is 0.475 e. The summed E-state index contributed by atoms with van der Waals surface area (Å²) in [6, 6.07) is 18.5. The number of aliphatic carboxylic acids is 1. The Bertz CT molecular complexity index is 1210. The van der Waals surface area contributed by atoms with E-state index in [0.717, 1.165) is 5.56 Å². The molecule has 3 aromatic rings. The normalized spacial score (nSPS) is 17.1. The zero-order chi connectivity index (χ0) is 25.6. The van der Waals surface area contributed by atoms with E-state index in [-0.39, 0.29) is 29.5 Å². The van der Waals surface area contributed by atoms with E-state index >= 15 is 0 Å². The van der Waals surface area contributed by atoms with E-state index < -0.39 is 12.1 Å². The molecule has 0 saturated carbocycles. The molecule has 1 aliphatic heterocycles. The van der Waals surface area contributed by atoms with Gasteiger partial charge in [0.1, 0.15) is 23.5 Å². The molecule has 4 nitrogen and oxygen atoms in total. The van der Waals surface area contributed by atoms with Gasteiger partial charge in [0, 0.05) is 6.42 Å². The van der Waals surface area contributed by atoms with E-state index in [1.165, 1.54) is 30.3 Å². The Hall–Kier alpha value is -3.82. The average molecular weight is 494 g/mol. The van der Waals surface area contributed by atoms with Crippen LogP contribution in [0.25, 0.3) is 0 Å². The molecule has 0 aliphatic carbocycles. The Morgan fingerprint density at radius 2 is 1.43 bits per heavy atom. The second kappa shape index (κ2) is 11.1. The molecule has 0 radical (unpaired) electrons. The van der Waals surface area contributed by atoms with Crippen LogP contribution < -0.4 is 5.32 Å². The molecule has 4 rings (SSSR count). The molecule has 0 spiro atoms. The van der Waals surface area contributed by atoms with Gasteiger partial charge in [-0.15, -0.1) is 0 Å². The van der Waals surface area contributed by atoms with Crippen LogP contribution in [-0.4, -0.2) is 23.1 Å². The molecule has 35 heavy (non-hydrogen) atoms. The number of carbonyl (C=O) groups is 1. The summed E-state index contributed by atoms with van der Waals surface area (Å²) in [5.74, 6) is -2.98. The zero-order valence-electron chi connectivity index (χ0n) is 18.1. The number of benzene rings is 3. The van der Waals surface area contributed by atoms with E-state index in [2.05, 4.69) is 5.32 Å². The van der Waals surface area contributed by atoms with Gasteiger partial charge in [-0.3, -0.25) is 4.99 Å². The third-order valence-electron chi connectivity index (χ3n) is 5.16. The van der Waals surface area contributed by atoms with Crippen molar-refractivity contribution in [2.75, 3.05) is 0 Å². The standard InChI is InChI=1S/C23H19F3N2.C2HF3O2/c24-18-8-3-6-16(13-18)22-23(17-7-4-9-19(25)14-17)28-21(27-22)12-11-15-5-1-2-10-20(15)26;3-2(4,5)1(6)7/h1-10,13-14,22-23H,11-12H2,(H,27,28);(H,6,7)/t22-,23+;. The van der Waals surface area contributed by atoms with Gasteiger partial charge in [-0.1, -0.05) is 42.5 Å². The number of hydrogen-bond donors (Lipinski definition) is 2. The number of alkyl halides is 3. The number of nitrogens with one attached hydrogen (secondary N) is 1. The van der Waals surface area contributed by atoms with Crippen molar-refractivity contribution in [2.24, 2.45) is 4.99 Å². The van der Waals surface area contributed by atoms with Gasteiger partial charge in [0.2, 0.25) is 0 Å². The Kier molecular flexibility index (Phi) is 8.16. The number of nitrogens with zero attached hydrogens (tertiary/aromatic N) is 1. The van der Waals surface area contributed by atoms with Crippen LogP contribution >= 0.6 is 0 Å². The first-order chi connectivity index (χ1) is 16.5. The second-order valence-corrected chi connectivity index (χ2v) is 7.65. The molecule has 0 fully saturated rings. The lowest BCUT2D eigenvalue weighted by atomic mass is 9.95. The molecule has 1 heterocycles. The lowest BCUT2D eigenvalue weighted by Gasteiger charge is -2.20. The van der Waals surface area contributed by atoms with Gasteiger partial charge in [0.05, 0.1) is 11.9 Å². The average Bonchev–Trinajstić information content (AvgIpc) is 3.23. The summed E-state index contributed by atoms with van der Waals surface area (Å²) in [6.07, 6.45) is -4.08. The van der Waals surface area contributed by atoms with Gasteiger partial charge in [-0.2, -0.15) is 13.2 Å². The monoisotopic (exact) mass is 494 g/mol. The van der Waals surface area contributed by atoms with Crippen molar-refractivity contribution in [3.63, 3.8) is 0 Å². The minimum absolute atomic E-state index is 0.246. The van der Waals surface area contributed by atoms with Crippen LogP contribution in [0.2, 0.25) is 0 Å². The largest absolute Gasteiger partial charge is 0.490 e. The number of carboxylic acids is 1. The van der Waals surface area contributed by atoms with Gasteiger partial charge in [0.15, 0.2) is 0 Å². The SMILES string of the molecule is Fc1cccc([C@H]2N=C(CCc3ccccc3F)N[C@H]2c2cccc(F)c2)c1.O=C(O)C(F)(F)F. The minimum atomic E-state index is -5.08. The molecule has 2 N–H and O–H groups in total. The van der Waals surface area contributed by atoms with Crippen molar-refractivity contribution >= 4 is 11.8 Å². The highest BCUT2D eigenvalue weighted by Crippen LogP contribution is 2.37. The number of halogens is 6. The summed E-state index contributed by atoms with van der Waals surface area (Å²) < 4.78 is 73.1. The predicted molar refractivity (Wildman–Crippen MR) is 117 cm³/mol. The Labute approximate surface area is 196 Å². The Morgan fingerprint density at radius 1 is 0.857 bits per heavy atom. The van der Waals surface area contributed by atoms with Crippen molar-refractivity contribution in [1.82, 2.24) is 5.32 Å². The summed E-state index contributed by atoms with van der Waals surface area (Å²) in [4.78, 5) is 13.6. The molecule has 0 bridgehead atoms. The number of aliphatic imine (C=N–C) groups is 1. The van der Waals surface area contributed by atoms with Crippen LogP contribution in [-0.2, 0) is 11.2 Å². The first-order valence-electron chi connectivity index (χ1n) is 10.4. The van der Waals surface area contributed by atoms with Crippen molar-refractivity contribution in [3.05, 3.63) is 107 Å². The molecular formula is C25H20F6N2O2. The lowest BCUT2D eigenvalue weighted by molar-refractivity contribution is -0.192. The van der Waals surface area contributed by atoms with Crippen LogP contribution in [0, 0.1) is 17.5 Å². The summed E-state index contributed by atoms with van der Waals surface area (Å²) in [6.45, 7) is 0. The second-order valence-electron chi connectivity index (χ2n) is 7.65. The molecule has 0 aromatic heterocycles. The van der Waals surface area contributed by atoms with Crippen LogP contribution in [0.1, 0.15) is 35.2 Å². The van der Waals surface area contributed by atoms with Crippen molar-refractivity contribution < 1.29 is 36.2 Å². The Morgan fingerprint density at radius 3 is 2.00 bits per heavy atom. The van der Waals surface area contributed by atoms with Gasteiger partial charge < -0.3 is 10.4 Å². The summed E-state index contributed by atoms with van der Waals surface area (Å²) in [7, 11) is 0. The third-order valence-corrected chi connectivity index (χ3v) is 5.16. The first kappa shape index (κ1) is 25.8. The minimum Gasteiger partial charge on any atom is -0.475 e. The van der Waals surface area contributed by atoms with Crippen molar-refractivity contribution in [1.29, 1.82) is 0 Å². The van der Waals surface area contributed by atoms with Gasteiger partial charge in [0.25, 0.3) is 0 Å². The quantitative estimate of drug-likeness (QED) is 0.418. The number of carboxylic acid groups (broad SMARTS) is 1. The molecule has 2 atom stereocenters. The molecular weight excluding hydrogens is 474 g/mol. The maximum Gasteiger partial charge on any atom is 0.490 e. The first-order valence-corrected chi connectivity index (χ1v) is 10.4. The number of aryl methyl sites for hydroxylation is 1. The molecule has 0 saturated heterocycles. The van der Waals surface area contributed by atoms with E-state index in [1.807, 2.05) is 12.1 Å². The van der Waals surface area contributed by atoms with Crippen molar-refractivity contribution in [3.8, 4) is 0 Å². The molecule has 1 aliphatic rings. The van der Waals surface area contributed by atoms with Crippen LogP contribution in [0.4, 0.5) is 26.3 Å². The maximum atomic E-state index is 13.9. The highest BCUT2D eigenvalue weighted by Gasteiger charge is 2.38. The van der Waals surface area contributed by atoms with Crippen LogP contribution in [0.5, 0.6) is 0 Å². The maximum absolute atomic E-state index is 13.9. The molecule has 3 aromatic carbocycles. The fourth-order valence-corrected chi connectivity index (χ4v) is 3.55. The number of rotatable bonds is 5. The molecule has 0 amide bonds. The van der Waals surface area contributed by atoms with Crippen LogP contribution in [0.15, 0.2) is 77.8 Å². The highest BCUT2D eigenvalue weighted by molar-refractivity contribution is 5.85.